The molecule has 2 saturated heterocycles. The molecule has 0 aromatic carbocycles. The van der Waals surface area contributed by atoms with Gasteiger partial charge in [0.15, 0.2) is 11.6 Å². The number of hydrogen-bond donors (Lipinski definition) is 4. The fourth-order valence-corrected chi connectivity index (χ4v) is 3.84. The monoisotopic (exact) mass is 340 g/mol. The molecule has 0 aromatic rings. The number of aliphatic hydroxyl groups is 2. The van der Waals surface area contributed by atoms with Gasteiger partial charge in [0.05, 0.1) is 0 Å². The summed E-state index contributed by atoms with van der Waals surface area (Å²) < 4.78 is 0. The van der Waals surface area contributed by atoms with Crippen molar-refractivity contribution in [3.63, 3.8) is 0 Å². The lowest BCUT2D eigenvalue weighted by molar-refractivity contribution is -0.133. The van der Waals surface area contributed by atoms with Crippen LogP contribution in [0.5, 0.6) is 0 Å². The van der Waals surface area contributed by atoms with Gasteiger partial charge in [-0.3, -0.25) is 9.59 Å². The maximum atomic E-state index is 12.4. The van der Waals surface area contributed by atoms with Crippen LogP contribution in [-0.4, -0.2) is 59.2 Å². The SMILES string of the molecule is CC(C)C(=O)C(O)C1CCC(CC(C)C(=O)C(O)C2CCNC2)N1. The van der Waals surface area contributed by atoms with E-state index in [0.717, 1.165) is 25.8 Å². The first kappa shape index (κ1) is 19.5. The van der Waals surface area contributed by atoms with Gasteiger partial charge in [-0.2, -0.15) is 0 Å². The number of aliphatic hydroxyl groups excluding tert-OH is 2. The molecule has 0 amide bonds. The van der Waals surface area contributed by atoms with Crippen LogP contribution in [0.4, 0.5) is 0 Å². The smallest absolute Gasteiger partial charge is 0.165 e. The Bertz CT molecular complexity index is 448. The van der Waals surface area contributed by atoms with Gasteiger partial charge < -0.3 is 20.8 Å². The van der Waals surface area contributed by atoms with E-state index < -0.39 is 12.2 Å². The Morgan fingerprint density at radius 3 is 2.33 bits per heavy atom. The molecule has 4 N–H and O–H groups in total. The van der Waals surface area contributed by atoms with Gasteiger partial charge in [-0.25, -0.2) is 0 Å². The average Bonchev–Trinajstić information content (AvgIpc) is 3.23. The molecule has 0 aliphatic carbocycles. The van der Waals surface area contributed by atoms with E-state index in [-0.39, 0.29) is 41.4 Å². The second kappa shape index (κ2) is 8.52. The molecule has 2 aliphatic rings. The zero-order valence-electron chi connectivity index (χ0n) is 15.0. The second-order valence-corrected chi connectivity index (χ2v) is 7.79. The van der Waals surface area contributed by atoms with E-state index in [0.29, 0.717) is 13.0 Å². The maximum Gasteiger partial charge on any atom is 0.165 e. The molecule has 0 bridgehead atoms. The molecule has 2 heterocycles. The average molecular weight is 340 g/mol. The predicted molar refractivity (Wildman–Crippen MR) is 91.6 cm³/mol. The lowest BCUT2D eigenvalue weighted by Crippen LogP contribution is -2.45. The van der Waals surface area contributed by atoms with Gasteiger partial charge >= 0.3 is 0 Å². The molecule has 2 rings (SSSR count). The molecular weight excluding hydrogens is 308 g/mol. The van der Waals surface area contributed by atoms with Crippen molar-refractivity contribution in [2.45, 2.75) is 70.7 Å². The quantitative estimate of drug-likeness (QED) is 0.506. The molecule has 6 atom stereocenters. The molecule has 0 aromatic heterocycles. The summed E-state index contributed by atoms with van der Waals surface area (Å²) in [7, 11) is 0. The van der Waals surface area contributed by atoms with Crippen LogP contribution in [0.1, 0.15) is 46.5 Å². The maximum absolute atomic E-state index is 12.4. The van der Waals surface area contributed by atoms with Crippen molar-refractivity contribution in [2.24, 2.45) is 17.8 Å². The molecule has 2 aliphatic heterocycles. The summed E-state index contributed by atoms with van der Waals surface area (Å²) in [5.41, 5.74) is 0. The predicted octanol–water partition coefficient (Wildman–Crippen LogP) is 0.259. The third kappa shape index (κ3) is 4.63. The Hall–Kier alpha value is -0.820. The second-order valence-electron chi connectivity index (χ2n) is 7.79. The lowest BCUT2D eigenvalue weighted by Gasteiger charge is -2.24. The molecule has 6 nitrogen and oxygen atoms in total. The molecule has 138 valence electrons. The largest absolute Gasteiger partial charge is 0.385 e. The van der Waals surface area contributed by atoms with Crippen LogP contribution in [0.3, 0.4) is 0 Å². The number of carbonyl (C=O) groups excluding carboxylic acids is 2. The summed E-state index contributed by atoms with van der Waals surface area (Å²) in [4.78, 5) is 24.3. The molecule has 0 spiro atoms. The summed E-state index contributed by atoms with van der Waals surface area (Å²) >= 11 is 0. The van der Waals surface area contributed by atoms with E-state index in [9.17, 15) is 19.8 Å². The molecule has 2 fully saturated rings. The van der Waals surface area contributed by atoms with Gasteiger partial charge in [-0.15, -0.1) is 0 Å². The Morgan fingerprint density at radius 2 is 1.75 bits per heavy atom. The van der Waals surface area contributed by atoms with Crippen LogP contribution in [0, 0.1) is 17.8 Å². The standard InChI is InChI=1S/C18H32N2O4/c1-10(2)15(21)18(24)14-5-4-13(20-14)8-11(3)16(22)17(23)12-6-7-19-9-12/h10-14,17-20,23-24H,4-9H2,1-3H3. The minimum absolute atomic E-state index is 0.0229. The molecule has 0 radical (unpaired) electrons. The zero-order valence-corrected chi connectivity index (χ0v) is 15.0. The van der Waals surface area contributed by atoms with Crippen molar-refractivity contribution in [3.8, 4) is 0 Å². The van der Waals surface area contributed by atoms with Crippen LogP contribution in [0.15, 0.2) is 0 Å². The summed E-state index contributed by atoms with van der Waals surface area (Å²) in [6, 6.07) is -0.117. The number of ketones is 2. The van der Waals surface area contributed by atoms with Crippen LogP contribution >= 0.6 is 0 Å². The van der Waals surface area contributed by atoms with E-state index in [1.807, 2.05) is 6.92 Å². The van der Waals surface area contributed by atoms with Crippen LogP contribution in [0.25, 0.3) is 0 Å². The summed E-state index contributed by atoms with van der Waals surface area (Å²) in [6.45, 7) is 7.00. The van der Waals surface area contributed by atoms with Crippen molar-refractivity contribution in [1.82, 2.24) is 10.6 Å². The Balaban J connectivity index is 1.81. The summed E-state index contributed by atoms with van der Waals surface area (Å²) in [5, 5.41) is 26.9. The van der Waals surface area contributed by atoms with E-state index in [1.54, 1.807) is 13.8 Å². The topological polar surface area (TPSA) is 98.7 Å². The minimum atomic E-state index is -0.976. The van der Waals surface area contributed by atoms with Crippen molar-refractivity contribution in [3.05, 3.63) is 0 Å². The van der Waals surface area contributed by atoms with Crippen LogP contribution < -0.4 is 10.6 Å². The highest BCUT2D eigenvalue weighted by atomic mass is 16.3. The van der Waals surface area contributed by atoms with Gasteiger partial charge in [0.2, 0.25) is 0 Å². The molecule has 24 heavy (non-hydrogen) atoms. The molecular formula is C18H32N2O4. The zero-order chi connectivity index (χ0) is 17.9. The van der Waals surface area contributed by atoms with Crippen molar-refractivity contribution < 1.29 is 19.8 Å². The van der Waals surface area contributed by atoms with Gasteiger partial charge in [0, 0.05) is 36.4 Å². The van der Waals surface area contributed by atoms with Crippen LogP contribution in [0.2, 0.25) is 0 Å². The highest BCUT2D eigenvalue weighted by molar-refractivity contribution is 5.86. The third-order valence-corrected chi connectivity index (χ3v) is 5.48. The first-order chi connectivity index (χ1) is 11.3. The molecule has 0 saturated carbocycles. The van der Waals surface area contributed by atoms with Crippen molar-refractivity contribution >= 4 is 11.6 Å². The highest BCUT2D eigenvalue weighted by Crippen LogP contribution is 2.24. The van der Waals surface area contributed by atoms with E-state index >= 15 is 0 Å². The Kier molecular flexibility index (Phi) is 6.92. The molecule has 6 heteroatoms. The third-order valence-electron chi connectivity index (χ3n) is 5.48. The first-order valence-electron chi connectivity index (χ1n) is 9.21. The summed E-state index contributed by atoms with van der Waals surface area (Å²) in [6.07, 6.45) is 1.19. The Labute approximate surface area is 144 Å². The molecule has 6 unspecified atom stereocenters. The number of Topliss-reactive ketones (excluding diaryl/α,β-unsaturated/α-hetero) is 2. The van der Waals surface area contributed by atoms with Gasteiger partial charge in [0.25, 0.3) is 0 Å². The number of rotatable bonds is 8. The van der Waals surface area contributed by atoms with Gasteiger partial charge in [0.1, 0.15) is 12.2 Å². The normalized spacial score (nSPS) is 31.2. The van der Waals surface area contributed by atoms with Crippen molar-refractivity contribution in [2.75, 3.05) is 13.1 Å². The van der Waals surface area contributed by atoms with E-state index in [4.69, 9.17) is 0 Å². The number of nitrogens with one attached hydrogen (secondary N) is 2. The van der Waals surface area contributed by atoms with Crippen molar-refractivity contribution in [1.29, 1.82) is 0 Å². The van der Waals surface area contributed by atoms with Gasteiger partial charge in [-0.1, -0.05) is 20.8 Å². The summed E-state index contributed by atoms with van der Waals surface area (Å²) in [5.74, 6) is -0.616. The van der Waals surface area contributed by atoms with Gasteiger partial charge in [-0.05, 0) is 32.2 Å². The highest BCUT2D eigenvalue weighted by Gasteiger charge is 2.36. The van der Waals surface area contributed by atoms with E-state index in [1.165, 1.54) is 0 Å². The lowest BCUT2D eigenvalue weighted by atomic mass is 9.88. The first-order valence-corrected chi connectivity index (χ1v) is 9.21. The fourth-order valence-electron chi connectivity index (χ4n) is 3.84. The van der Waals surface area contributed by atoms with E-state index in [2.05, 4.69) is 10.6 Å². The minimum Gasteiger partial charge on any atom is -0.385 e. The number of hydrogen-bond acceptors (Lipinski definition) is 6. The fraction of sp³-hybridized carbons (Fsp3) is 0.889. The Morgan fingerprint density at radius 1 is 1.04 bits per heavy atom. The number of carbonyl (C=O) groups is 2. The van der Waals surface area contributed by atoms with Crippen LogP contribution in [-0.2, 0) is 9.59 Å².